The van der Waals surface area contributed by atoms with Gasteiger partial charge in [-0.1, -0.05) is 0 Å². The minimum Gasteiger partial charge on any atom is -0.378 e. The molecule has 126 valence electrons. The molecule has 0 aromatic carbocycles. The zero-order chi connectivity index (χ0) is 16.7. The predicted molar refractivity (Wildman–Crippen MR) is 87.9 cm³/mol. The van der Waals surface area contributed by atoms with E-state index in [0.717, 1.165) is 18.2 Å². The van der Waals surface area contributed by atoms with Crippen molar-refractivity contribution < 1.29 is 14.3 Å². The fourth-order valence-corrected chi connectivity index (χ4v) is 3.80. The first-order chi connectivity index (χ1) is 10.8. The lowest BCUT2D eigenvalue weighted by molar-refractivity contribution is -0.126. The second kappa shape index (κ2) is 6.08. The van der Waals surface area contributed by atoms with Crippen molar-refractivity contribution in [2.75, 3.05) is 31.2 Å². The van der Waals surface area contributed by atoms with E-state index >= 15 is 0 Å². The van der Waals surface area contributed by atoms with Crippen LogP contribution < -0.4 is 15.8 Å². The number of amides is 2. The standard InChI is InChI=1S/C13H16Cl2N4O3S/c1-12(7-13(12,14)15)10(21)18-17-9(20)8-6-23-11(16-8)19-2-4-22-5-3-19/h6H,2-5,7H2,1H3,(H,17,20)(H,18,21)/t12-/m1/s1. The Labute approximate surface area is 147 Å². The van der Waals surface area contributed by atoms with Gasteiger partial charge in [0, 0.05) is 18.5 Å². The Morgan fingerprint density at radius 2 is 2.00 bits per heavy atom. The summed E-state index contributed by atoms with van der Waals surface area (Å²) in [5.74, 6) is -0.896. The highest BCUT2D eigenvalue weighted by Crippen LogP contribution is 2.63. The van der Waals surface area contributed by atoms with Gasteiger partial charge in [-0.25, -0.2) is 4.98 Å². The monoisotopic (exact) mass is 378 g/mol. The van der Waals surface area contributed by atoms with Gasteiger partial charge in [0.1, 0.15) is 10.0 Å². The number of anilines is 1. The minimum atomic E-state index is -1.08. The van der Waals surface area contributed by atoms with E-state index in [1.165, 1.54) is 11.3 Å². The number of alkyl halides is 2. The molecular weight excluding hydrogens is 363 g/mol. The average Bonchev–Trinajstić information content (AvgIpc) is 2.92. The highest BCUT2D eigenvalue weighted by atomic mass is 35.5. The summed E-state index contributed by atoms with van der Waals surface area (Å²) in [6.45, 7) is 4.44. The number of hydrogen-bond acceptors (Lipinski definition) is 6. The minimum absolute atomic E-state index is 0.251. The van der Waals surface area contributed by atoms with Crippen LogP contribution in [0, 0.1) is 5.41 Å². The van der Waals surface area contributed by atoms with Gasteiger partial charge in [0.2, 0.25) is 5.91 Å². The topological polar surface area (TPSA) is 83.6 Å². The SMILES string of the molecule is C[C@]1(C(=O)NNC(=O)c2csc(N3CCOCC3)n2)CC1(Cl)Cl. The van der Waals surface area contributed by atoms with E-state index in [1.54, 1.807) is 12.3 Å². The summed E-state index contributed by atoms with van der Waals surface area (Å²) in [5.41, 5.74) is 4.06. The Bertz CT molecular complexity index is 632. The van der Waals surface area contributed by atoms with Crippen LogP contribution in [-0.4, -0.2) is 47.4 Å². The Balaban J connectivity index is 1.55. The van der Waals surface area contributed by atoms with Crippen LogP contribution in [0.4, 0.5) is 5.13 Å². The zero-order valence-corrected chi connectivity index (χ0v) is 14.7. The first kappa shape index (κ1) is 16.8. The lowest BCUT2D eigenvalue weighted by Crippen LogP contribution is -2.46. The van der Waals surface area contributed by atoms with Crippen molar-refractivity contribution >= 4 is 51.5 Å². The van der Waals surface area contributed by atoms with Crippen molar-refractivity contribution in [1.82, 2.24) is 15.8 Å². The van der Waals surface area contributed by atoms with Crippen LogP contribution in [-0.2, 0) is 9.53 Å². The highest BCUT2D eigenvalue weighted by Gasteiger charge is 2.68. The van der Waals surface area contributed by atoms with E-state index in [-0.39, 0.29) is 5.69 Å². The predicted octanol–water partition coefficient (Wildman–Crippen LogP) is 1.32. The molecule has 1 aliphatic carbocycles. The summed E-state index contributed by atoms with van der Waals surface area (Å²) in [6.07, 6.45) is 0.350. The molecule has 0 unspecified atom stereocenters. The molecule has 2 N–H and O–H groups in total. The molecule has 1 saturated carbocycles. The molecule has 1 saturated heterocycles. The Morgan fingerprint density at radius 3 is 2.61 bits per heavy atom. The summed E-state index contributed by atoms with van der Waals surface area (Å²) in [4.78, 5) is 30.4. The van der Waals surface area contributed by atoms with Gasteiger partial charge in [-0.15, -0.1) is 34.5 Å². The normalized spacial score (nSPS) is 25.8. The Hall–Kier alpha value is -1.09. The maximum absolute atomic E-state index is 12.1. The van der Waals surface area contributed by atoms with Gasteiger partial charge in [0.25, 0.3) is 5.91 Å². The van der Waals surface area contributed by atoms with E-state index in [1.807, 2.05) is 0 Å². The van der Waals surface area contributed by atoms with Gasteiger partial charge < -0.3 is 9.64 Å². The molecule has 1 atom stereocenters. The van der Waals surface area contributed by atoms with Crippen LogP contribution in [0.25, 0.3) is 0 Å². The van der Waals surface area contributed by atoms with E-state index in [0.29, 0.717) is 19.6 Å². The molecule has 0 spiro atoms. The number of halogens is 2. The fraction of sp³-hybridized carbons (Fsp3) is 0.615. The lowest BCUT2D eigenvalue weighted by Gasteiger charge is -2.25. The molecule has 7 nitrogen and oxygen atoms in total. The van der Waals surface area contributed by atoms with Gasteiger partial charge in [0.15, 0.2) is 5.13 Å². The molecule has 10 heteroatoms. The average molecular weight is 379 g/mol. The third kappa shape index (κ3) is 3.26. The second-order valence-corrected chi connectivity index (χ2v) is 8.06. The Kier molecular flexibility index (Phi) is 4.43. The molecule has 1 aliphatic heterocycles. The molecule has 23 heavy (non-hydrogen) atoms. The van der Waals surface area contributed by atoms with E-state index in [9.17, 15) is 9.59 Å². The molecular formula is C13H16Cl2N4O3S. The molecule has 1 aromatic heterocycles. The van der Waals surface area contributed by atoms with Crippen molar-refractivity contribution in [2.45, 2.75) is 17.7 Å². The number of nitrogens with one attached hydrogen (secondary N) is 2. The molecule has 2 fully saturated rings. The number of morpholine rings is 1. The summed E-state index contributed by atoms with van der Waals surface area (Å²) in [6, 6.07) is 0. The number of aromatic nitrogens is 1. The van der Waals surface area contributed by atoms with Crippen molar-refractivity contribution in [3.05, 3.63) is 11.1 Å². The van der Waals surface area contributed by atoms with E-state index in [4.69, 9.17) is 27.9 Å². The number of hydrazine groups is 1. The number of rotatable bonds is 3. The lowest BCUT2D eigenvalue weighted by atomic mass is 10.1. The van der Waals surface area contributed by atoms with Gasteiger partial charge in [-0.2, -0.15) is 0 Å². The maximum Gasteiger partial charge on any atom is 0.289 e. The Morgan fingerprint density at radius 1 is 1.35 bits per heavy atom. The molecule has 3 rings (SSSR count). The van der Waals surface area contributed by atoms with E-state index < -0.39 is 21.6 Å². The zero-order valence-electron chi connectivity index (χ0n) is 12.4. The van der Waals surface area contributed by atoms with Crippen LogP contribution in [0.15, 0.2) is 5.38 Å². The summed E-state index contributed by atoms with van der Waals surface area (Å²) in [5, 5.41) is 2.41. The summed E-state index contributed by atoms with van der Waals surface area (Å²) < 4.78 is 4.20. The molecule has 2 heterocycles. The van der Waals surface area contributed by atoms with E-state index in [2.05, 4.69) is 20.7 Å². The van der Waals surface area contributed by atoms with Crippen LogP contribution in [0.1, 0.15) is 23.8 Å². The first-order valence-electron chi connectivity index (χ1n) is 7.10. The number of hydrogen-bond donors (Lipinski definition) is 2. The molecule has 0 bridgehead atoms. The quantitative estimate of drug-likeness (QED) is 0.612. The maximum atomic E-state index is 12.1. The third-order valence-electron chi connectivity index (χ3n) is 4.05. The highest BCUT2D eigenvalue weighted by molar-refractivity contribution is 7.13. The van der Waals surface area contributed by atoms with Crippen LogP contribution in [0.5, 0.6) is 0 Å². The van der Waals surface area contributed by atoms with Crippen molar-refractivity contribution in [2.24, 2.45) is 5.41 Å². The van der Waals surface area contributed by atoms with Crippen LogP contribution >= 0.6 is 34.5 Å². The van der Waals surface area contributed by atoms with Gasteiger partial charge >= 0.3 is 0 Å². The van der Waals surface area contributed by atoms with Crippen LogP contribution in [0.2, 0.25) is 0 Å². The number of ether oxygens (including phenoxy) is 1. The smallest absolute Gasteiger partial charge is 0.289 e. The fourth-order valence-electron chi connectivity index (χ4n) is 2.23. The van der Waals surface area contributed by atoms with Gasteiger partial charge in [0.05, 0.1) is 18.6 Å². The van der Waals surface area contributed by atoms with Crippen molar-refractivity contribution in [3.8, 4) is 0 Å². The summed E-state index contributed by atoms with van der Waals surface area (Å²) >= 11 is 13.2. The number of carbonyl (C=O) groups is 2. The first-order valence-corrected chi connectivity index (χ1v) is 8.74. The summed E-state index contributed by atoms with van der Waals surface area (Å²) in [7, 11) is 0. The third-order valence-corrected chi connectivity index (χ3v) is 6.06. The number of carbonyl (C=O) groups excluding carboxylic acids is 2. The number of thiazole rings is 1. The molecule has 2 aliphatic rings. The van der Waals surface area contributed by atoms with Gasteiger partial charge in [-0.3, -0.25) is 20.4 Å². The van der Waals surface area contributed by atoms with Crippen LogP contribution in [0.3, 0.4) is 0 Å². The van der Waals surface area contributed by atoms with Crippen molar-refractivity contribution in [1.29, 1.82) is 0 Å². The number of nitrogens with zero attached hydrogens (tertiary/aromatic N) is 2. The van der Waals surface area contributed by atoms with Gasteiger partial charge in [-0.05, 0) is 13.3 Å². The molecule has 1 aromatic rings. The molecule has 0 radical (unpaired) electrons. The molecule has 2 amide bonds. The largest absolute Gasteiger partial charge is 0.378 e. The second-order valence-electron chi connectivity index (χ2n) is 5.74. The van der Waals surface area contributed by atoms with Crippen molar-refractivity contribution in [3.63, 3.8) is 0 Å².